The molecule has 0 aliphatic heterocycles. The van der Waals surface area contributed by atoms with Crippen LogP contribution in [0.4, 0.5) is 20.2 Å². The molecular weight excluding hydrogens is 272 g/mol. The highest BCUT2D eigenvalue weighted by molar-refractivity contribution is 5.56. The quantitative estimate of drug-likeness (QED) is 0.672. The largest absolute Gasteiger partial charge is 0.377 e. The molecule has 0 atom stereocenters. The molecule has 1 aromatic carbocycles. The molecule has 1 N–H and O–H groups in total. The Balaban J connectivity index is 2.20. The van der Waals surface area contributed by atoms with Gasteiger partial charge in [-0.15, -0.1) is 0 Å². The van der Waals surface area contributed by atoms with Gasteiger partial charge in [0.05, 0.1) is 11.5 Å². The monoisotopic (exact) mass is 283 g/mol. The maximum Gasteiger partial charge on any atom is 0.270 e. The van der Waals surface area contributed by atoms with Crippen LogP contribution in [0.1, 0.15) is 17.8 Å². The summed E-state index contributed by atoms with van der Waals surface area (Å²) >= 11 is 0. The molecule has 2 rings (SSSR count). The summed E-state index contributed by atoms with van der Waals surface area (Å²) in [6.45, 7) is 0.151. The number of nitrogens with one attached hydrogen (secondary N) is 1. The third-order valence-electron chi connectivity index (χ3n) is 2.57. The van der Waals surface area contributed by atoms with Crippen molar-refractivity contribution < 1.29 is 13.7 Å². The highest BCUT2D eigenvalue weighted by atomic mass is 19.3. The first-order valence-electron chi connectivity index (χ1n) is 5.62. The maximum atomic E-state index is 12.9. The lowest BCUT2D eigenvalue weighted by molar-refractivity contribution is -0.385. The van der Waals surface area contributed by atoms with E-state index in [9.17, 15) is 18.9 Å². The molecule has 0 radical (unpaired) electrons. The van der Waals surface area contributed by atoms with Gasteiger partial charge in [0.1, 0.15) is 6.33 Å². The highest BCUT2D eigenvalue weighted by Gasteiger charge is 2.18. The van der Waals surface area contributed by atoms with Crippen LogP contribution in [0, 0.1) is 10.1 Å². The Morgan fingerprint density at radius 3 is 2.80 bits per heavy atom. The molecule has 106 valence electrons. The first-order chi connectivity index (χ1) is 9.47. The van der Waals surface area contributed by atoms with Gasteiger partial charge in [0, 0.05) is 30.4 Å². The van der Waals surface area contributed by atoms with Gasteiger partial charge < -0.3 is 5.32 Å². The van der Waals surface area contributed by atoms with Crippen LogP contribution >= 0.6 is 0 Å². The molecule has 0 aliphatic carbocycles. The van der Waals surface area contributed by atoms with Crippen LogP contribution < -0.4 is 5.32 Å². The second-order valence-electron chi connectivity index (χ2n) is 4.02. The zero-order valence-corrected chi connectivity index (χ0v) is 10.5. The lowest BCUT2D eigenvalue weighted by atomic mass is 10.1. The first-order valence-corrected chi connectivity index (χ1v) is 5.62. The van der Waals surface area contributed by atoms with Crippen LogP contribution in [0.15, 0.2) is 24.5 Å². The Kier molecular flexibility index (Phi) is 3.87. The van der Waals surface area contributed by atoms with Crippen LogP contribution in [0.25, 0.3) is 0 Å². The van der Waals surface area contributed by atoms with E-state index in [4.69, 9.17) is 0 Å². The summed E-state index contributed by atoms with van der Waals surface area (Å²) < 4.78 is 27.3. The van der Waals surface area contributed by atoms with Gasteiger partial charge in [-0.2, -0.15) is 5.10 Å². The number of hydrogen-bond acceptors (Lipinski definition) is 5. The number of rotatable bonds is 5. The third-order valence-corrected chi connectivity index (χ3v) is 2.57. The van der Waals surface area contributed by atoms with Crippen molar-refractivity contribution in [2.75, 3.05) is 5.32 Å². The second kappa shape index (κ2) is 5.59. The SMILES string of the molecule is Cn1cnc(CNc2ccc([N+](=O)[O-])cc2C(F)F)n1. The molecule has 1 aromatic heterocycles. The van der Waals surface area contributed by atoms with Crippen LogP contribution in [-0.2, 0) is 13.6 Å². The minimum absolute atomic E-state index is 0.123. The Morgan fingerprint density at radius 2 is 2.25 bits per heavy atom. The molecule has 1 heterocycles. The molecule has 0 spiro atoms. The molecule has 0 saturated heterocycles. The average molecular weight is 283 g/mol. The van der Waals surface area contributed by atoms with E-state index in [1.54, 1.807) is 7.05 Å². The van der Waals surface area contributed by atoms with E-state index < -0.39 is 16.9 Å². The van der Waals surface area contributed by atoms with E-state index in [1.807, 2.05) is 0 Å². The minimum Gasteiger partial charge on any atom is -0.377 e. The fraction of sp³-hybridized carbons (Fsp3) is 0.273. The van der Waals surface area contributed by atoms with E-state index in [0.29, 0.717) is 5.82 Å². The van der Waals surface area contributed by atoms with E-state index in [-0.39, 0.29) is 17.9 Å². The Morgan fingerprint density at radius 1 is 1.50 bits per heavy atom. The lowest BCUT2D eigenvalue weighted by Gasteiger charge is -2.10. The highest BCUT2D eigenvalue weighted by Crippen LogP contribution is 2.30. The van der Waals surface area contributed by atoms with Gasteiger partial charge >= 0.3 is 0 Å². The van der Waals surface area contributed by atoms with Crippen molar-refractivity contribution >= 4 is 11.4 Å². The molecule has 9 heteroatoms. The topological polar surface area (TPSA) is 85.9 Å². The van der Waals surface area contributed by atoms with Crippen LogP contribution in [0.2, 0.25) is 0 Å². The molecule has 2 aromatic rings. The van der Waals surface area contributed by atoms with Gasteiger partial charge in [0.15, 0.2) is 5.82 Å². The van der Waals surface area contributed by atoms with Crippen LogP contribution in [0.3, 0.4) is 0 Å². The number of alkyl halides is 2. The van der Waals surface area contributed by atoms with Crippen molar-refractivity contribution in [3.63, 3.8) is 0 Å². The number of anilines is 1. The number of nitro benzene ring substituents is 1. The van der Waals surface area contributed by atoms with Crippen molar-refractivity contribution in [1.82, 2.24) is 14.8 Å². The average Bonchev–Trinajstić information content (AvgIpc) is 2.81. The number of nitrogens with zero attached hydrogens (tertiary/aromatic N) is 4. The van der Waals surface area contributed by atoms with Gasteiger partial charge in [-0.25, -0.2) is 13.8 Å². The van der Waals surface area contributed by atoms with E-state index in [0.717, 1.165) is 6.07 Å². The fourth-order valence-corrected chi connectivity index (χ4v) is 1.64. The van der Waals surface area contributed by atoms with Gasteiger partial charge in [-0.3, -0.25) is 14.8 Å². The summed E-state index contributed by atoms with van der Waals surface area (Å²) in [6, 6.07) is 3.28. The molecule has 0 unspecified atom stereocenters. The first kappa shape index (κ1) is 13.8. The predicted octanol–water partition coefficient (Wildman–Crippen LogP) is 2.27. The number of non-ortho nitro benzene ring substituents is 1. The van der Waals surface area contributed by atoms with Crippen molar-refractivity contribution in [2.24, 2.45) is 7.05 Å². The van der Waals surface area contributed by atoms with Crippen LogP contribution in [-0.4, -0.2) is 19.7 Å². The molecule has 0 bridgehead atoms. The zero-order valence-electron chi connectivity index (χ0n) is 10.5. The Labute approximate surface area is 112 Å². The number of nitro groups is 1. The number of hydrogen-bond donors (Lipinski definition) is 1. The Bertz CT molecular complexity index is 629. The van der Waals surface area contributed by atoms with E-state index in [2.05, 4.69) is 15.4 Å². The zero-order chi connectivity index (χ0) is 14.7. The normalized spacial score (nSPS) is 10.8. The summed E-state index contributed by atoms with van der Waals surface area (Å²) in [5, 5.41) is 17.3. The predicted molar refractivity (Wildman–Crippen MR) is 66.4 cm³/mol. The van der Waals surface area contributed by atoms with E-state index >= 15 is 0 Å². The standard InChI is InChI=1S/C11H11F2N5O2/c1-17-6-15-10(16-17)5-14-9-3-2-7(18(19)20)4-8(9)11(12)13/h2-4,6,11,14H,5H2,1H3. The molecule has 0 saturated carbocycles. The summed E-state index contributed by atoms with van der Waals surface area (Å²) in [6.07, 6.45) is -1.32. The van der Waals surface area contributed by atoms with Crippen molar-refractivity contribution in [1.29, 1.82) is 0 Å². The number of halogens is 2. The smallest absolute Gasteiger partial charge is 0.270 e. The summed E-state index contributed by atoms with van der Waals surface area (Å²) in [7, 11) is 1.69. The summed E-state index contributed by atoms with van der Waals surface area (Å²) in [5.41, 5.74) is -0.671. The van der Waals surface area contributed by atoms with E-state index in [1.165, 1.54) is 23.1 Å². The van der Waals surface area contributed by atoms with Gasteiger partial charge in [-0.1, -0.05) is 0 Å². The van der Waals surface area contributed by atoms with Gasteiger partial charge in [-0.05, 0) is 6.07 Å². The lowest BCUT2D eigenvalue weighted by Crippen LogP contribution is -2.05. The minimum atomic E-state index is -2.81. The summed E-state index contributed by atoms with van der Waals surface area (Å²) in [4.78, 5) is 13.8. The Hall–Kier alpha value is -2.58. The summed E-state index contributed by atoms with van der Waals surface area (Å²) in [5.74, 6) is 0.436. The number of benzene rings is 1. The molecular formula is C11H11F2N5O2. The molecule has 7 nitrogen and oxygen atoms in total. The number of aromatic nitrogens is 3. The molecule has 0 fully saturated rings. The molecule has 20 heavy (non-hydrogen) atoms. The third kappa shape index (κ3) is 3.05. The van der Waals surface area contributed by atoms with Gasteiger partial charge in [0.25, 0.3) is 12.1 Å². The molecule has 0 aliphatic rings. The second-order valence-corrected chi connectivity index (χ2v) is 4.02. The van der Waals surface area contributed by atoms with Gasteiger partial charge in [0.2, 0.25) is 0 Å². The molecule has 0 amide bonds. The van der Waals surface area contributed by atoms with Crippen LogP contribution in [0.5, 0.6) is 0 Å². The van der Waals surface area contributed by atoms with Crippen molar-refractivity contribution in [3.05, 3.63) is 46.0 Å². The number of aryl methyl sites for hydroxylation is 1. The van der Waals surface area contributed by atoms with Crippen molar-refractivity contribution in [3.8, 4) is 0 Å². The van der Waals surface area contributed by atoms with Crippen molar-refractivity contribution in [2.45, 2.75) is 13.0 Å². The fourth-order valence-electron chi connectivity index (χ4n) is 1.64. The maximum absolute atomic E-state index is 12.9.